The van der Waals surface area contributed by atoms with Crippen LogP contribution in [0.5, 0.6) is 0 Å². The lowest BCUT2D eigenvalue weighted by molar-refractivity contribution is 0.0418. The number of hydrogen-bond donors (Lipinski definition) is 1. The molecule has 18 heavy (non-hydrogen) atoms. The molecule has 2 rings (SSSR count). The summed E-state index contributed by atoms with van der Waals surface area (Å²) in [5.41, 5.74) is 0. The van der Waals surface area contributed by atoms with Crippen LogP contribution >= 0.6 is 0 Å². The van der Waals surface area contributed by atoms with E-state index in [2.05, 4.69) is 17.3 Å². The molecule has 2 unspecified atom stereocenters. The van der Waals surface area contributed by atoms with E-state index in [0.717, 1.165) is 25.2 Å². The van der Waals surface area contributed by atoms with Crippen LogP contribution in [0.15, 0.2) is 0 Å². The van der Waals surface area contributed by atoms with Gasteiger partial charge in [-0.3, -0.25) is 0 Å². The molecular weight excluding hydrogens is 224 g/mol. The lowest BCUT2D eigenvalue weighted by Crippen LogP contribution is -2.35. The zero-order valence-electron chi connectivity index (χ0n) is 12.0. The maximum atomic E-state index is 5.55. The van der Waals surface area contributed by atoms with Crippen molar-refractivity contribution < 1.29 is 4.74 Å². The average Bonchev–Trinajstić information content (AvgIpc) is 2.41. The Hall–Kier alpha value is -0.120. The summed E-state index contributed by atoms with van der Waals surface area (Å²) in [6.45, 7) is 5.66. The van der Waals surface area contributed by atoms with Gasteiger partial charge in [-0.05, 0) is 64.6 Å². The first-order valence-electron chi connectivity index (χ1n) is 7.84. The first-order chi connectivity index (χ1) is 8.84. The Labute approximate surface area is 112 Å². The molecule has 106 valence electrons. The van der Waals surface area contributed by atoms with Crippen LogP contribution in [0.25, 0.3) is 0 Å². The molecule has 0 saturated carbocycles. The Balaban J connectivity index is 1.52. The van der Waals surface area contributed by atoms with Gasteiger partial charge in [0, 0.05) is 19.2 Å². The van der Waals surface area contributed by atoms with E-state index in [-0.39, 0.29) is 0 Å². The Morgan fingerprint density at radius 2 is 2.17 bits per heavy atom. The second-order valence-corrected chi connectivity index (χ2v) is 6.13. The number of hydrogen-bond acceptors (Lipinski definition) is 3. The summed E-state index contributed by atoms with van der Waals surface area (Å²) in [6, 6.07) is 0.796. The highest BCUT2D eigenvalue weighted by Crippen LogP contribution is 2.15. The smallest absolute Gasteiger partial charge is 0.0506 e. The van der Waals surface area contributed by atoms with Crippen LogP contribution in [0.4, 0.5) is 0 Å². The lowest BCUT2D eigenvalue weighted by atomic mass is 10.00. The topological polar surface area (TPSA) is 24.5 Å². The van der Waals surface area contributed by atoms with E-state index in [4.69, 9.17) is 4.74 Å². The van der Waals surface area contributed by atoms with Gasteiger partial charge in [0.2, 0.25) is 0 Å². The molecule has 3 nitrogen and oxygen atoms in total. The van der Waals surface area contributed by atoms with Gasteiger partial charge in [-0.1, -0.05) is 6.42 Å². The third kappa shape index (κ3) is 5.25. The normalized spacial score (nSPS) is 29.7. The number of rotatable bonds is 6. The number of ether oxygens (including phenoxy) is 1. The summed E-state index contributed by atoms with van der Waals surface area (Å²) >= 11 is 0. The van der Waals surface area contributed by atoms with Crippen LogP contribution in [-0.2, 0) is 4.74 Å². The van der Waals surface area contributed by atoms with Crippen molar-refractivity contribution in [2.45, 2.75) is 51.0 Å². The summed E-state index contributed by atoms with van der Waals surface area (Å²) in [7, 11) is 2.27. The fraction of sp³-hybridized carbons (Fsp3) is 1.00. The summed E-state index contributed by atoms with van der Waals surface area (Å²) < 4.78 is 5.55. The van der Waals surface area contributed by atoms with Gasteiger partial charge in [0.1, 0.15) is 0 Å². The van der Waals surface area contributed by atoms with Crippen LogP contribution in [-0.4, -0.2) is 50.8 Å². The molecule has 2 atom stereocenters. The molecule has 0 bridgehead atoms. The maximum Gasteiger partial charge on any atom is 0.0506 e. The van der Waals surface area contributed by atoms with Crippen molar-refractivity contribution in [1.82, 2.24) is 10.2 Å². The fourth-order valence-corrected chi connectivity index (χ4v) is 3.26. The Morgan fingerprint density at radius 3 is 2.89 bits per heavy atom. The molecule has 3 heteroatoms. The summed E-state index contributed by atoms with van der Waals surface area (Å²) in [5.74, 6) is 0.775. The minimum absolute atomic E-state index is 0.775. The van der Waals surface area contributed by atoms with Crippen molar-refractivity contribution in [3.8, 4) is 0 Å². The SMILES string of the molecule is CN(CCCC1CCCCN1)CC1CCCOC1. The molecule has 0 aromatic carbocycles. The van der Waals surface area contributed by atoms with E-state index in [1.165, 1.54) is 64.6 Å². The molecule has 1 N–H and O–H groups in total. The second-order valence-electron chi connectivity index (χ2n) is 6.13. The van der Waals surface area contributed by atoms with Gasteiger partial charge in [0.25, 0.3) is 0 Å². The largest absolute Gasteiger partial charge is 0.381 e. The van der Waals surface area contributed by atoms with Gasteiger partial charge in [-0.15, -0.1) is 0 Å². The number of nitrogens with one attached hydrogen (secondary N) is 1. The molecule has 0 amide bonds. The van der Waals surface area contributed by atoms with E-state index < -0.39 is 0 Å². The summed E-state index contributed by atoms with van der Waals surface area (Å²) in [6.07, 6.45) is 9.48. The van der Waals surface area contributed by atoms with Crippen LogP contribution in [0.2, 0.25) is 0 Å². The van der Waals surface area contributed by atoms with Crippen LogP contribution in [0, 0.1) is 5.92 Å². The third-order valence-corrected chi connectivity index (χ3v) is 4.33. The van der Waals surface area contributed by atoms with Gasteiger partial charge >= 0.3 is 0 Å². The molecular formula is C15H30N2O. The van der Waals surface area contributed by atoms with Crippen molar-refractivity contribution in [2.24, 2.45) is 5.92 Å². The highest BCUT2D eigenvalue weighted by atomic mass is 16.5. The Kier molecular flexibility index (Phi) is 6.46. The van der Waals surface area contributed by atoms with Crippen molar-refractivity contribution in [2.75, 3.05) is 39.9 Å². The second kappa shape index (κ2) is 8.13. The van der Waals surface area contributed by atoms with E-state index in [0.29, 0.717) is 0 Å². The highest BCUT2D eigenvalue weighted by Gasteiger charge is 2.16. The van der Waals surface area contributed by atoms with Crippen molar-refractivity contribution in [3.63, 3.8) is 0 Å². The first-order valence-corrected chi connectivity index (χ1v) is 7.84. The molecule has 0 aromatic heterocycles. The molecule has 2 fully saturated rings. The third-order valence-electron chi connectivity index (χ3n) is 4.33. The van der Waals surface area contributed by atoms with Crippen LogP contribution < -0.4 is 5.32 Å². The molecule has 2 aliphatic heterocycles. The minimum Gasteiger partial charge on any atom is -0.381 e. The Morgan fingerprint density at radius 1 is 1.22 bits per heavy atom. The minimum atomic E-state index is 0.775. The van der Waals surface area contributed by atoms with Crippen LogP contribution in [0.1, 0.15) is 44.9 Å². The molecule has 0 aliphatic carbocycles. The predicted octanol–water partition coefficient (Wildman–Crippen LogP) is 2.27. The molecule has 2 heterocycles. The van der Waals surface area contributed by atoms with Crippen molar-refractivity contribution in [1.29, 1.82) is 0 Å². The number of piperidine rings is 1. The Bertz CT molecular complexity index is 211. The average molecular weight is 254 g/mol. The monoisotopic (exact) mass is 254 g/mol. The zero-order chi connectivity index (χ0) is 12.6. The van der Waals surface area contributed by atoms with Crippen LogP contribution in [0.3, 0.4) is 0 Å². The van der Waals surface area contributed by atoms with Gasteiger partial charge in [-0.25, -0.2) is 0 Å². The van der Waals surface area contributed by atoms with Gasteiger partial charge in [0.05, 0.1) is 6.61 Å². The lowest BCUT2D eigenvalue weighted by Gasteiger charge is -2.28. The first kappa shape index (κ1) is 14.3. The molecule has 2 aliphatic rings. The fourth-order valence-electron chi connectivity index (χ4n) is 3.26. The van der Waals surface area contributed by atoms with E-state index in [1.54, 1.807) is 0 Å². The zero-order valence-corrected chi connectivity index (χ0v) is 12.0. The van der Waals surface area contributed by atoms with E-state index >= 15 is 0 Å². The van der Waals surface area contributed by atoms with Crippen molar-refractivity contribution >= 4 is 0 Å². The van der Waals surface area contributed by atoms with E-state index in [9.17, 15) is 0 Å². The maximum absolute atomic E-state index is 5.55. The molecule has 0 spiro atoms. The quantitative estimate of drug-likeness (QED) is 0.787. The highest BCUT2D eigenvalue weighted by molar-refractivity contribution is 4.73. The number of nitrogens with zero attached hydrogens (tertiary/aromatic N) is 1. The summed E-state index contributed by atoms with van der Waals surface area (Å²) in [5, 5.41) is 3.64. The van der Waals surface area contributed by atoms with Gasteiger partial charge in [-0.2, -0.15) is 0 Å². The van der Waals surface area contributed by atoms with Crippen molar-refractivity contribution in [3.05, 3.63) is 0 Å². The molecule has 2 saturated heterocycles. The van der Waals surface area contributed by atoms with Gasteiger partial charge < -0.3 is 15.0 Å². The van der Waals surface area contributed by atoms with E-state index in [1.807, 2.05) is 0 Å². The predicted molar refractivity (Wildman–Crippen MR) is 75.9 cm³/mol. The van der Waals surface area contributed by atoms with Gasteiger partial charge in [0.15, 0.2) is 0 Å². The molecule has 0 radical (unpaired) electrons. The summed E-state index contributed by atoms with van der Waals surface area (Å²) in [4.78, 5) is 2.50. The standard InChI is InChI=1S/C15H30N2O/c1-17(12-14-6-5-11-18-13-14)10-4-8-15-7-2-3-9-16-15/h14-16H,2-13H2,1H3. The molecule has 0 aromatic rings.